The monoisotopic (exact) mass is 806 g/mol. The number of H-pyrrole nitrogens is 1. The number of imidazole rings is 2. The molecule has 2 fully saturated rings. The van der Waals surface area contributed by atoms with Gasteiger partial charge in [0.2, 0.25) is 0 Å². The summed E-state index contributed by atoms with van der Waals surface area (Å²) < 4.78 is 19.8. The van der Waals surface area contributed by atoms with Crippen LogP contribution in [0.1, 0.15) is 91.0 Å². The van der Waals surface area contributed by atoms with Crippen LogP contribution in [0.4, 0.5) is 9.59 Å². The Morgan fingerprint density at radius 1 is 0.759 bits per heavy atom. The molecular formula is C44H58N8O5Si. The third-order valence-electron chi connectivity index (χ3n) is 10.4. The Balaban J connectivity index is 1.10. The van der Waals surface area contributed by atoms with Crippen LogP contribution in [-0.2, 0) is 20.9 Å². The lowest BCUT2D eigenvalue weighted by Gasteiger charge is -2.29. The maximum Gasteiger partial charge on any atom is 0.410 e. The number of aromatic nitrogens is 6. The lowest BCUT2D eigenvalue weighted by molar-refractivity contribution is 0.0199. The van der Waals surface area contributed by atoms with Crippen molar-refractivity contribution in [3.63, 3.8) is 0 Å². The van der Waals surface area contributed by atoms with E-state index in [2.05, 4.69) is 58.4 Å². The van der Waals surface area contributed by atoms with Crippen molar-refractivity contribution in [3.8, 4) is 33.8 Å². The number of benzene rings is 1. The van der Waals surface area contributed by atoms with Crippen molar-refractivity contribution in [1.82, 2.24) is 39.3 Å². The second kappa shape index (κ2) is 16.3. The highest BCUT2D eigenvalue weighted by atomic mass is 28.3. The van der Waals surface area contributed by atoms with Crippen molar-refractivity contribution in [1.29, 1.82) is 0 Å². The summed E-state index contributed by atoms with van der Waals surface area (Å²) in [5, 5.41) is 0.986. The first kappa shape index (κ1) is 41.1. The van der Waals surface area contributed by atoms with Gasteiger partial charge in [0.1, 0.15) is 29.6 Å². The van der Waals surface area contributed by atoms with E-state index >= 15 is 0 Å². The molecule has 4 aromatic heterocycles. The maximum atomic E-state index is 13.3. The number of carbonyl (C=O) groups excluding carboxylic acids is 2. The molecule has 2 atom stereocenters. The van der Waals surface area contributed by atoms with Crippen molar-refractivity contribution in [2.45, 2.75) is 123 Å². The van der Waals surface area contributed by atoms with Gasteiger partial charge in [0, 0.05) is 62.2 Å². The Morgan fingerprint density at radius 3 is 2.07 bits per heavy atom. The molecule has 2 saturated heterocycles. The molecule has 1 aromatic carbocycles. The first-order valence-corrected chi connectivity index (χ1v) is 24.2. The minimum Gasteiger partial charge on any atom is -0.444 e. The molecule has 0 aliphatic carbocycles. The smallest absolute Gasteiger partial charge is 0.410 e. The quantitative estimate of drug-likeness (QED) is 0.108. The standard InChI is InChI=1S/C44H58N8O5Si/c1-43(2,3)56-41(53)50-18-10-12-36(50)39-47-26-35(49-39)31-16-17-33(45-24-31)30-15-14-29-22-32(25-46-34(29)23-30)38-27-48-40(52(38)28-55-20-21-58(7,8)9)37-13-11-19-51(37)42(54)57-44(4,5)6/h14-17,22-27,36-37H,10-13,18-21,28H2,1-9H3,(H,47,49). The SMILES string of the molecule is CC(C)(C)OC(=O)N1CCCC1c1ncc(-c2ccc(-c3ccc4cc(-c5cnc(C6CCCN6C(=O)OC(C)(C)C)n5COCC[Si](C)(C)C)cnc4c3)nc2)[nH]1. The summed E-state index contributed by atoms with van der Waals surface area (Å²) in [6.07, 6.45) is 10.2. The van der Waals surface area contributed by atoms with Crippen LogP contribution in [0.25, 0.3) is 44.7 Å². The summed E-state index contributed by atoms with van der Waals surface area (Å²) in [6.45, 7) is 20.6. The molecule has 58 heavy (non-hydrogen) atoms. The van der Waals surface area contributed by atoms with Crippen molar-refractivity contribution in [2.75, 3.05) is 19.7 Å². The van der Waals surface area contributed by atoms with E-state index in [9.17, 15) is 9.59 Å². The highest BCUT2D eigenvalue weighted by molar-refractivity contribution is 6.76. The molecule has 7 rings (SSSR count). The number of aromatic amines is 1. The van der Waals surface area contributed by atoms with Gasteiger partial charge in [-0.15, -0.1) is 0 Å². The highest BCUT2D eigenvalue weighted by Gasteiger charge is 2.37. The van der Waals surface area contributed by atoms with E-state index in [4.69, 9.17) is 29.2 Å². The largest absolute Gasteiger partial charge is 0.444 e. The molecule has 0 saturated carbocycles. The summed E-state index contributed by atoms with van der Waals surface area (Å²) in [6, 6.07) is 13.0. The van der Waals surface area contributed by atoms with Crippen molar-refractivity contribution in [3.05, 3.63) is 72.8 Å². The van der Waals surface area contributed by atoms with Gasteiger partial charge in [-0.3, -0.25) is 19.8 Å². The summed E-state index contributed by atoms with van der Waals surface area (Å²) in [4.78, 5) is 52.4. The molecule has 13 nitrogen and oxygen atoms in total. The van der Waals surface area contributed by atoms with E-state index in [-0.39, 0.29) is 24.3 Å². The van der Waals surface area contributed by atoms with Gasteiger partial charge < -0.3 is 23.8 Å². The van der Waals surface area contributed by atoms with E-state index in [1.54, 1.807) is 16.0 Å². The molecule has 2 aliphatic rings. The number of hydrogen-bond acceptors (Lipinski definition) is 9. The van der Waals surface area contributed by atoms with Gasteiger partial charge in [0.05, 0.1) is 47.1 Å². The van der Waals surface area contributed by atoms with Gasteiger partial charge in [-0.1, -0.05) is 31.8 Å². The van der Waals surface area contributed by atoms with E-state index in [0.29, 0.717) is 26.4 Å². The molecule has 0 spiro atoms. The number of ether oxygens (including phenoxy) is 3. The van der Waals surface area contributed by atoms with Crippen LogP contribution in [0.15, 0.2) is 61.2 Å². The number of nitrogens with one attached hydrogen (secondary N) is 1. The molecular weight excluding hydrogens is 749 g/mol. The number of likely N-dealkylation sites (tertiary alicyclic amines) is 2. The predicted molar refractivity (Wildman–Crippen MR) is 228 cm³/mol. The number of nitrogens with zero attached hydrogens (tertiary/aromatic N) is 7. The topological polar surface area (TPSA) is 141 Å². The van der Waals surface area contributed by atoms with Gasteiger partial charge in [0.25, 0.3) is 0 Å². The molecule has 6 heterocycles. The van der Waals surface area contributed by atoms with Gasteiger partial charge in [-0.2, -0.15) is 0 Å². The van der Waals surface area contributed by atoms with Crippen LogP contribution in [0.3, 0.4) is 0 Å². The zero-order chi connectivity index (χ0) is 41.4. The number of pyridine rings is 2. The predicted octanol–water partition coefficient (Wildman–Crippen LogP) is 10.0. The normalized spacial score (nSPS) is 17.7. The zero-order valence-electron chi connectivity index (χ0n) is 35.5. The van der Waals surface area contributed by atoms with Crippen LogP contribution in [0.2, 0.25) is 25.7 Å². The third kappa shape index (κ3) is 9.61. The van der Waals surface area contributed by atoms with Gasteiger partial charge >= 0.3 is 12.2 Å². The van der Waals surface area contributed by atoms with Gasteiger partial charge in [-0.05, 0) is 97.5 Å². The Labute approximate surface area is 342 Å². The zero-order valence-corrected chi connectivity index (χ0v) is 36.5. The Hall–Kier alpha value is -5.08. The molecule has 2 unspecified atom stereocenters. The Kier molecular flexibility index (Phi) is 11.5. The molecule has 2 aliphatic heterocycles. The van der Waals surface area contributed by atoms with E-state index in [1.807, 2.05) is 72.3 Å². The van der Waals surface area contributed by atoms with E-state index in [0.717, 1.165) is 88.1 Å². The van der Waals surface area contributed by atoms with E-state index in [1.165, 1.54) is 0 Å². The second-order valence-electron chi connectivity index (χ2n) is 18.7. The Morgan fingerprint density at radius 2 is 1.41 bits per heavy atom. The van der Waals surface area contributed by atoms with Crippen LogP contribution in [-0.4, -0.2) is 90.4 Å². The molecule has 14 heteroatoms. The van der Waals surface area contributed by atoms with Crippen molar-refractivity contribution in [2.24, 2.45) is 0 Å². The molecule has 2 amide bonds. The first-order valence-electron chi connectivity index (χ1n) is 20.5. The lowest BCUT2D eigenvalue weighted by Crippen LogP contribution is -2.37. The summed E-state index contributed by atoms with van der Waals surface area (Å²) in [5.74, 6) is 1.54. The number of hydrogen-bond donors (Lipinski definition) is 1. The number of amides is 2. The second-order valence-corrected chi connectivity index (χ2v) is 24.3. The van der Waals surface area contributed by atoms with E-state index < -0.39 is 19.3 Å². The average molecular weight is 807 g/mol. The van der Waals surface area contributed by atoms with Crippen molar-refractivity contribution < 1.29 is 23.8 Å². The molecule has 308 valence electrons. The number of rotatable bonds is 10. The molecule has 0 bridgehead atoms. The molecule has 0 radical (unpaired) electrons. The minimum atomic E-state index is -1.29. The average Bonchev–Trinajstić information content (AvgIpc) is 3.98. The number of carbonyl (C=O) groups is 2. The third-order valence-corrected chi connectivity index (χ3v) is 12.1. The minimum absolute atomic E-state index is 0.154. The summed E-state index contributed by atoms with van der Waals surface area (Å²) in [7, 11) is -1.29. The first-order chi connectivity index (χ1) is 27.4. The van der Waals surface area contributed by atoms with Crippen LogP contribution < -0.4 is 0 Å². The fourth-order valence-corrected chi connectivity index (χ4v) is 8.27. The van der Waals surface area contributed by atoms with Gasteiger partial charge in [-0.25, -0.2) is 19.6 Å². The fraction of sp³-hybridized carbons (Fsp3) is 0.500. The van der Waals surface area contributed by atoms with Gasteiger partial charge in [0.15, 0.2) is 0 Å². The fourth-order valence-electron chi connectivity index (χ4n) is 7.52. The molecule has 5 aromatic rings. The van der Waals surface area contributed by atoms with Crippen molar-refractivity contribution >= 4 is 31.2 Å². The number of fused-ring (bicyclic) bond motifs is 1. The van der Waals surface area contributed by atoms with Crippen LogP contribution >= 0.6 is 0 Å². The Bertz CT molecular complexity index is 2250. The maximum absolute atomic E-state index is 13.3. The van der Waals surface area contributed by atoms with Crippen LogP contribution in [0.5, 0.6) is 0 Å². The van der Waals surface area contributed by atoms with Crippen LogP contribution in [0, 0.1) is 0 Å². The summed E-state index contributed by atoms with van der Waals surface area (Å²) >= 11 is 0. The molecule has 1 N–H and O–H groups in total. The lowest BCUT2D eigenvalue weighted by atomic mass is 10.1. The highest BCUT2D eigenvalue weighted by Crippen LogP contribution is 2.37. The summed E-state index contributed by atoms with van der Waals surface area (Å²) in [5.41, 5.74) is 5.04.